The number of aliphatic hydroxyl groups is 1. The molecule has 0 aliphatic rings. The van der Waals surface area contributed by atoms with Crippen molar-refractivity contribution in [3.63, 3.8) is 0 Å². The molecule has 0 bridgehead atoms. The van der Waals surface area contributed by atoms with Gasteiger partial charge in [-0.15, -0.1) is 17.0 Å². The third-order valence-corrected chi connectivity index (χ3v) is 5.28. The molecule has 6 heteroatoms. The van der Waals surface area contributed by atoms with E-state index in [-0.39, 0.29) is 40.8 Å². The molecule has 5 nitrogen and oxygen atoms in total. The Bertz CT molecular complexity index is 925. The topological polar surface area (TPSA) is 84.2 Å². The molecule has 30 heavy (non-hydrogen) atoms. The monoisotopic (exact) mass is 473 g/mol. The van der Waals surface area contributed by atoms with E-state index in [1.54, 1.807) is 12.1 Å². The first-order valence-electron chi connectivity index (χ1n) is 9.55. The summed E-state index contributed by atoms with van der Waals surface area (Å²) >= 11 is 0. The van der Waals surface area contributed by atoms with Gasteiger partial charge in [-0.1, -0.05) is 42.5 Å². The van der Waals surface area contributed by atoms with Crippen molar-refractivity contribution < 1.29 is 20.4 Å². The molecule has 1 atom stereocenters. The average molecular weight is 474 g/mol. The van der Waals surface area contributed by atoms with Gasteiger partial charge in [0.2, 0.25) is 0 Å². The number of benzene rings is 3. The second-order valence-electron chi connectivity index (χ2n) is 7.77. The lowest BCUT2D eigenvalue weighted by Gasteiger charge is -2.40. The van der Waals surface area contributed by atoms with Gasteiger partial charge >= 0.3 is 0 Å². The molecule has 3 rings (SSSR count). The number of phenols is 3. The van der Waals surface area contributed by atoms with Gasteiger partial charge in [0.15, 0.2) is 0 Å². The molecule has 0 spiro atoms. The van der Waals surface area contributed by atoms with Crippen LogP contribution in [0.15, 0.2) is 72.8 Å². The number of rotatable bonds is 7. The average Bonchev–Trinajstić information content (AvgIpc) is 2.68. The molecule has 0 unspecified atom stereocenters. The van der Waals surface area contributed by atoms with Crippen molar-refractivity contribution in [2.24, 2.45) is 0 Å². The number of hydrogen-bond acceptors (Lipinski definition) is 5. The summed E-state index contributed by atoms with van der Waals surface area (Å²) in [6, 6.07) is 21.2. The van der Waals surface area contributed by atoms with Crippen LogP contribution < -0.4 is 0 Å². The molecule has 0 amide bonds. The lowest BCUT2D eigenvalue weighted by Crippen LogP contribution is -2.43. The van der Waals surface area contributed by atoms with Crippen molar-refractivity contribution in [2.75, 3.05) is 6.54 Å². The fraction of sp³-hybridized carbons (Fsp3) is 0.250. The van der Waals surface area contributed by atoms with Gasteiger partial charge in [0, 0.05) is 24.7 Å². The molecule has 0 saturated carbocycles. The van der Waals surface area contributed by atoms with E-state index < -0.39 is 11.6 Å². The van der Waals surface area contributed by atoms with Gasteiger partial charge in [0.25, 0.3) is 0 Å². The van der Waals surface area contributed by atoms with Crippen LogP contribution in [0.2, 0.25) is 0 Å². The maximum Gasteiger partial charge on any atom is 0.119 e. The largest absolute Gasteiger partial charge is 0.508 e. The summed E-state index contributed by atoms with van der Waals surface area (Å²) in [5.74, 6) is 0.0207. The molecule has 0 aliphatic heterocycles. The molecule has 0 saturated heterocycles. The standard InChI is InChI=1S/C24H27NO4.BrH/c1-24(2,19-8-10-20(26)11-9-19)25(15-17-6-4-3-5-7-17)16-23(29)18-12-21(27)14-22(28)13-18;/h3-14,23,26-29H,15-16H2,1-2H3;1H/t23-;/m0./s1. The first-order chi connectivity index (χ1) is 13.8. The fourth-order valence-electron chi connectivity index (χ4n) is 3.47. The van der Waals surface area contributed by atoms with Crippen LogP contribution in [0.1, 0.15) is 36.6 Å². The molecular formula is C24H28BrNO4. The normalized spacial score (nSPS) is 12.4. The summed E-state index contributed by atoms with van der Waals surface area (Å²) in [6.07, 6.45) is -0.909. The van der Waals surface area contributed by atoms with Crippen molar-refractivity contribution in [3.05, 3.63) is 89.5 Å². The van der Waals surface area contributed by atoms with Crippen molar-refractivity contribution in [1.82, 2.24) is 4.90 Å². The minimum atomic E-state index is -0.909. The molecule has 0 heterocycles. The molecule has 0 aliphatic carbocycles. The van der Waals surface area contributed by atoms with E-state index in [9.17, 15) is 20.4 Å². The van der Waals surface area contributed by atoms with Crippen LogP contribution in [0, 0.1) is 0 Å². The van der Waals surface area contributed by atoms with Crippen LogP contribution >= 0.6 is 17.0 Å². The predicted molar refractivity (Wildman–Crippen MR) is 123 cm³/mol. The van der Waals surface area contributed by atoms with Crippen molar-refractivity contribution in [2.45, 2.75) is 32.0 Å². The Kier molecular flexibility index (Phi) is 7.89. The van der Waals surface area contributed by atoms with E-state index in [0.29, 0.717) is 12.1 Å². The zero-order chi connectivity index (χ0) is 21.0. The van der Waals surface area contributed by atoms with Crippen LogP contribution in [-0.2, 0) is 12.1 Å². The third-order valence-electron chi connectivity index (χ3n) is 5.28. The maximum absolute atomic E-state index is 10.9. The van der Waals surface area contributed by atoms with Crippen molar-refractivity contribution in [3.8, 4) is 17.2 Å². The van der Waals surface area contributed by atoms with E-state index in [1.165, 1.54) is 18.2 Å². The van der Waals surface area contributed by atoms with Gasteiger partial charge < -0.3 is 20.4 Å². The Morgan fingerprint density at radius 1 is 0.800 bits per heavy atom. The number of nitrogens with zero attached hydrogens (tertiary/aromatic N) is 1. The second kappa shape index (κ2) is 9.98. The highest BCUT2D eigenvalue weighted by molar-refractivity contribution is 8.93. The summed E-state index contributed by atoms with van der Waals surface area (Å²) in [7, 11) is 0. The van der Waals surface area contributed by atoms with Gasteiger partial charge in [-0.2, -0.15) is 0 Å². The molecule has 3 aromatic carbocycles. The first-order valence-corrected chi connectivity index (χ1v) is 9.55. The smallest absolute Gasteiger partial charge is 0.119 e. The van der Waals surface area contributed by atoms with E-state index >= 15 is 0 Å². The number of halogens is 1. The summed E-state index contributed by atoms with van der Waals surface area (Å²) in [6.45, 7) is 5.01. The Morgan fingerprint density at radius 3 is 1.93 bits per heavy atom. The van der Waals surface area contributed by atoms with Crippen LogP contribution in [0.3, 0.4) is 0 Å². The molecule has 0 radical (unpaired) electrons. The van der Waals surface area contributed by atoms with E-state index in [2.05, 4.69) is 18.7 Å². The predicted octanol–water partition coefficient (Wildman–Crippen LogP) is 4.85. The maximum atomic E-state index is 10.9. The lowest BCUT2D eigenvalue weighted by atomic mass is 9.90. The lowest BCUT2D eigenvalue weighted by molar-refractivity contribution is 0.0415. The van der Waals surface area contributed by atoms with Crippen LogP contribution in [0.4, 0.5) is 0 Å². The highest BCUT2D eigenvalue weighted by Crippen LogP contribution is 2.33. The number of aliphatic hydroxyl groups excluding tert-OH is 1. The van der Waals surface area contributed by atoms with Gasteiger partial charge in [0.05, 0.1) is 6.10 Å². The fourth-order valence-corrected chi connectivity index (χ4v) is 3.47. The van der Waals surface area contributed by atoms with Gasteiger partial charge in [-0.25, -0.2) is 0 Å². The zero-order valence-electron chi connectivity index (χ0n) is 17.1. The Hall–Kier alpha value is -2.54. The van der Waals surface area contributed by atoms with E-state index in [1.807, 2.05) is 42.5 Å². The SMILES string of the molecule is Br.CC(C)(c1ccc(O)cc1)N(Cc1ccccc1)C[C@H](O)c1cc(O)cc(O)c1. The Balaban J connectivity index is 0.00000320. The summed E-state index contributed by atoms with van der Waals surface area (Å²) in [5, 5.41) is 40.0. The van der Waals surface area contributed by atoms with Gasteiger partial charge in [0.1, 0.15) is 17.2 Å². The van der Waals surface area contributed by atoms with Gasteiger partial charge in [-0.05, 0) is 54.8 Å². The van der Waals surface area contributed by atoms with Crippen LogP contribution in [0.5, 0.6) is 17.2 Å². The van der Waals surface area contributed by atoms with Crippen LogP contribution in [-0.4, -0.2) is 31.9 Å². The van der Waals surface area contributed by atoms with Crippen LogP contribution in [0.25, 0.3) is 0 Å². The van der Waals surface area contributed by atoms with E-state index in [4.69, 9.17) is 0 Å². The molecule has 0 aromatic heterocycles. The summed E-state index contributed by atoms with van der Waals surface area (Å²) in [4.78, 5) is 2.14. The third kappa shape index (κ3) is 5.75. The Labute approximate surface area is 187 Å². The highest BCUT2D eigenvalue weighted by atomic mass is 79.9. The quantitative estimate of drug-likeness (QED) is 0.394. The van der Waals surface area contributed by atoms with Crippen molar-refractivity contribution in [1.29, 1.82) is 0 Å². The number of aromatic hydroxyl groups is 3. The van der Waals surface area contributed by atoms with Gasteiger partial charge in [-0.3, -0.25) is 4.90 Å². The molecule has 160 valence electrons. The highest BCUT2D eigenvalue weighted by Gasteiger charge is 2.31. The molecule has 3 aromatic rings. The number of phenolic OH excluding ortho intramolecular Hbond substituents is 3. The summed E-state index contributed by atoms with van der Waals surface area (Å²) < 4.78 is 0. The van der Waals surface area contributed by atoms with E-state index in [0.717, 1.165) is 11.1 Å². The number of hydrogen-bond donors (Lipinski definition) is 4. The summed E-state index contributed by atoms with van der Waals surface area (Å²) in [5.41, 5.74) is 2.09. The second-order valence-corrected chi connectivity index (χ2v) is 7.77. The molecular weight excluding hydrogens is 446 g/mol. The minimum Gasteiger partial charge on any atom is -0.508 e. The minimum absolute atomic E-state index is 0. The molecule has 4 N–H and O–H groups in total. The first kappa shape index (κ1) is 23.7. The zero-order valence-corrected chi connectivity index (χ0v) is 18.8. The van der Waals surface area contributed by atoms with Crippen molar-refractivity contribution >= 4 is 17.0 Å². The Morgan fingerprint density at radius 2 is 1.37 bits per heavy atom. The molecule has 0 fully saturated rings.